The Kier molecular flexibility index (Phi) is 5.80. The minimum atomic E-state index is -0.632. The molecule has 1 N–H and O–H groups in total. The molecule has 0 aliphatic carbocycles. The van der Waals surface area contributed by atoms with Gasteiger partial charge in [-0.25, -0.2) is 9.29 Å². The van der Waals surface area contributed by atoms with Crippen LogP contribution in [0.2, 0.25) is 10.0 Å². The first-order chi connectivity index (χ1) is 15.2. The van der Waals surface area contributed by atoms with E-state index >= 15 is 0 Å². The van der Waals surface area contributed by atoms with Gasteiger partial charge in [0.05, 0.1) is 16.3 Å². The fraction of sp³-hybridized carbons (Fsp3) is 0.120. The molecule has 0 bridgehead atoms. The van der Waals surface area contributed by atoms with Gasteiger partial charge >= 0.3 is 0 Å². The van der Waals surface area contributed by atoms with Crippen molar-refractivity contribution in [2.75, 3.05) is 10.2 Å². The highest BCUT2D eigenvalue weighted by molar-refractivity contribution is 6.46. The van der Waals surface area contributed by atoms with Crippen molar-refractivity contribution in [2.45, 2.75) is 20.8 Å². The normalized spacial score (nSPS) is 13.9. The molecule has 4 rings (SSSR count). The number of nitrogens with zero attached hydrogens (tertiary/aromatic N) is 1. The lowest BCUT2D eigenvalue weighted by atomic mass is 9.97. The molecule has 1 heterocycles. The van der Waals surface area contributed by atoms with Crippen LogP contribution in [0.15, 0.2) is 60.3 Å². The summed E-state index contributed by atoms with van der Waals surface area (Å²) in [7, 11) is 0. The molecule has 3 aromatic carbocycles. The van der Waals surface area contributed by atoms with E-state index in [4.69, 9.17) is 23.2 Å². The predicted octanol–water partition coefficient (Wildman–Crippen LogP) is 6.45. The van der Waals surface area contributed by atoms with Gasteiger partial charge in [-0.1, -0.05) is 47.0 Å². The summed E-state index contributed by atoms with van der Waals surface area (Å²) >= 11 is 12.0. The molecule has 0 unspecified atom stereocenters. The maximum absolute atomic E-state index is 13.7. The highest BCUT2D eigenvalue weighted by Crippen LogP contribution is 2.37. The van der Waals surface area contributed by atoms with Gasteiger partial charge in [-0.15, -0.1) is 0 Å². The number of carbonyl (C=O) groups excluding carboxylic acids is 2. The summed E-state index contributed by atoms with van der Waals surface area (Å²) in [4.78, 5) is 28.0. The number of amides is 2. The lowest BCUT2D eigenvalue weighted by molar-refractivity contribution is -0.120. The minimum Gasteiger partial charge on any atom is -0.350 e. The molecule has 7 heteroatoms. The summed E-state index contributed by atoms with van der Waals surface area (Å²) < 4.78 is 13.7. The van der Waals surface area contributed by atoms with Crippen molar-refractivity contribution in [1.29, 1.82) is 0 Å². The molecular weight excluding hydrogens is 450 g/mol. The van der Waals surface area contributed by atoms with Crippen LogP contribution in [0.1, 0.15) is 22.3 Å². The van der Waals surface area contributed by atoms with E-state index in [1.54, 1.807) is 18.2 Å². The lowest BCUT2D eigenvalue weighted by Crippen LogP contribution is -2.32. The van der Waals surface area contributed by atoms with Crippen molar-refractivity contribution < 1.29 is 14.0 Å². The molecule has 0 spiro atoms. The van der Waals surface area contributed by atoms with E-state index in [0.717, 1.165) is 27.7 Å². The molecule has 4 nitrogen and oxygen atoms in total. The Balaban J connectivity index is 1.88. The summed E-state index contributed by atoms with van der Waals surface area (Å²) in [6, 6.07) is 14.6. The zero-order valence-corrected chi connectivity index (χ0v) is 19.1. The Morgan fingerprint density at radius 3 is 2.25 bits per heavy atom. The van der Waals surface area contributed by atoms with Gasteiger partial charge < -0.3 is 5.32 Å². The Morgan fingerprint density at radius 2 is 1.59 bits per heavy atom. The number of halogens is 3. The maximum Gasteiger partial charge on any atom is 0.282 e. The lowest BCUT2D eigenvalue weighted by Gasteiger charge is -2.16. The zero-order chi connectivity index (χ0) is 23.2. The molecule has 0 fully saturated rings. The maximum atomic E-state index is 13.7. The smallest absolute Gasteiger partial charge is 0.282 e. The van der Waals surface area contributed by atoms with Crippen molar-refractivity contribution >= 4 is 52.0 Å². The second kappa shape index (κ2) is 8.41. The van der Waals surface area contributed by atoms with Crippen molar-refractivity contribution in [1.82, 2.24) is 0 Å². The number of carbonyl (C=O) groups is 2. The average Bonchev–Trinajstić information content (AvgIpc) is 2.96. The number of imide groups is 1. The van der Waals surface area contributed by atoms with E-state index in [0.29, 0.717) is 16.3 Å². The molecule has 162 valence electrons. The van der Waals surface area contributed by atoms with E-state index in [1.807, 2.05) is 39.0 Å². The number of hydrogen-bond donors (Lipinski definition) is 1. The van der Waals surface area contributed by atoms with Gasteiger partial charge in [0.1, 0.15) is 11.5 Å². The molecule has 0 saturated heterocycles. The second-order valence-corrected chi connectivity index (χ2v) is 8.54. The van der Waals surface area contributed by atoms with Crippen LogP contribution in [0, 0.1) is 26.6 Å². The quantitative estimate of drug-likeness (QED) is 0.447. The first kappa shape index (κ1) is 22.1. The fourth-order valence-electron chi connectivity index (χ4n) is 3.75. The molecule has 0 aromatic heterocycles. The summed E-state index contributed by atoms with van der Waals surface area (Å²) in [5, 5.41) is 3.52. The first-order valence-corrected chi connectivity index (χ1v) is 10.6. The number of anilines is 2. The number of hydrogen-bond acceptors (Lipinski definition) is 3. The first-order valence-electron chi connectivity index (χ1n) is 9.86. The number of rotatable bonds is 4. The van der Waals surface area contributed by atoms with Crippen molar-refractivity contribution in [2.24, 2.45) is 0 Å². The highest BCUT2D eigenvalue weighted by atomic mass is 35.5. The summed E-state index contributed by atoms with van der Waals surface area (Å²) in [6.45, 7) is 5.69. The van der Waals surface area contributed by atoms with E-state index in [1.165, 1.54) is 12.1 Å². The third-order valence-electron chi connectivity index (χ3n) is 5.34. The van der Waals surface area contributed by atoms with Gasteiger partial charge in [-0.3, -0.25) is 9.59 Å². The van der Waals surface area contributed by atoms with Crippen LogP contribution >= 0.6 is 23.2 Å². The van der Waals surface area contributed by atoms with Gasteiger partial charge in [0.25, 0.3) is 11.8 Å². The molecule has 3 aromatic rings. The predicted molar refractivity (Wildman–Crippen MR) is 127 cm³/mol. The van der Waals surface area contributed by atoms with Gasteiger partial charge in [-0.2, -0.15) is 0 Å². The van der Waals surface area contributed by atoms with Crippen molar-refractivity contribution in [3.8, 4) is 0 Å². The average molecular weight is 469 g/mol. The van der Waals surface area contributed by atoms with E-state index < -0.39 is 17.6 Å². The van der Waals surface area contributed by atoms with Crippen LogP contribution in [0.25, 0.3) is 5.57 Å². The third kappa shape index (κ3) is 3.90. The topological polar surface area (TPSA) is 49.4 Å². The molecule has 1 aliphatic heterocycles. The zero-order valence-electron chi connectivity index (χ0n) is 17.6. The van der Waals surface area contributed by atoms with Crippen LogP contribution in [0.3, 0.4) is 0 Å². The molecule has 0 saturated carbocycles. The Labute approximate surface area is 195 Å². The number of benzene rings is 3. The van der Waals surface area contributed by atoms with E-state index in [-0.39, 0.29) is 22.0 Å². The monoisotopic (exact) mass is 468 g/mol. The van der Waals surface area contributed by atoms with E-state index in [9.17, 15) is 14.0 Å². The Hall–Kier alpha value is -3.15. The molecule has 0 atom stereocenters. The minimum absolute atomic E-state index is 0.132. The molecule has 32 heavy (non-hydrogen) atoms. The molecule has 1 aliphatic rings. The van der Waals surface area contributed by atoms with Crippen LogP contribution in [-0.4, -0.2) is 11.8 Å². The Morgan fingerprint density at radius 1 is 0.844 bits per heavy atom. The van der Waals surface area contributed by atoms with Crippen molar-refractivity contribution in [3.63, 3.8) is 0 Å². The highest BCUT2D eigenvalue weighted by Gasteiger charge is 2.41. The second-order valence-electron chi connectivity index (χ2n) is 7.70. The largest absolute Gasteiger partial charge is 0.350 e. The third-order valence-corrected chi connectivity index (χ3v) is 5.87. The van der Waals surface area contributed by atoms with E-state index in [2.05, 4.69) is 5.32 Å². The molecule has 0 radical (unpaired) electrons. The molecule has 2 amide bonds. The number of aryl methyl sites for hydroxylation is 3. The summed E-state index contributed by atoms with van der Waals surface area (Å²) in [6.07, 6.45) is 0. The van der Waals surface area contributed by atoms with Crippen LogP contribution in [0.4, 0.5) is 15.8 Å². The standard InChI is InChI=1S/C25H19Cl2FN2O2/c1-13-4-7-18(14(2)10-13)22-23(29-21-9-5-16(26)11-15(21)3)25(32)30(24(22)31)17-6-8-20(28)19(27)12-17/h4-12,29H,1-3H3. The summed E-state index contributed by atoms with van der Waals surface area (Å²) in [5.41, 5.74) is 4.55. The van der Waals surface area contributed by atoms with Gasteiger partial charge in [-0.05, 0) is 73.9 Å². The number of nitrogens with one attached hydrogen (secondary N) is 1. The van der Waals surface area contributed by atoms with Gasteiger partial charge in [0.2, 0.25) is 0 Å². The Bertz CT molecular complexity index is 1320. The van der Waals surface area contributed by atoms with Gasteiger partial charge in [0.15, 0.2) is 0 Å². The van der Waals surface area contributed by atoms with Crippen LogP contribution in [0.5, 0.6) is 0 Å². The summed E-state index contributed by atoms with van der Waals surface area (Å²) in [5.74, 6) is -1.70. The van der Waals surface area contributed by atoms with Crippen LogP contribution in [-0.2, 0) is 9.59 Å². The van der Waals surface area contributed by atoms with Crippen molar-refractivity contribution in [3.05, 3.63) is 98.4 Å². The van der Waals surface area contributed by atoms with Gasteiger partial charge in [0, 0.05) is 10.7 Å². The fourth-order valence-corrected chi connectivity index (χ4v) is 4.15. The molecular formula is C25H19Cl2FN2O2. The van der Waals surface area contributed by atoms with Crippen LogP contribution < -0.4 is 10.2 Å². The SMILES string of the molecule is Cc1ccc(C2=C(Nc3ccc(Cl)cc3C)C(=O)N(c3ccc(F)c(Cl)c3)C2=O)c(C)c1.